The van der Waals surface area contributed by atoms with Crippen LogP contribution in [0.4, 0.5) is 5.69 Å². The fourth-order valence-corrected chi connectivity index (χ4v) is 2.95. The van der Waals surface area contributed by atoms with Gasteiger partial charge in [0.1, 0.15) is 6.04 Å². The van der Waals surface area contributed by atoms with Crippen molar-refractivity contribution in [1.82, 2.24) is 9.88 Å². The highest BCUT2D eigenvalue weighted by Gasteiger charge is 2.19. The molecule has 0 aliphatic rings. The number of carbonyl (C=O) groups excluding carboxylic acids is 1. The van der Waals surface area contributed by atoms with Crippen LogP contribution >= 0.6 is 0 Å². The first-order valence-electron chi connectivity index (χ1n) is 8.84. The van der Waals surface area contributed by atoms with E-state index in [2.05, 4.69) is 46.6 Å². The SMILES string of the molecule is CN(C)c1ccc(CNC(=O)[C@H](Cc2ccccc2)n2cccc2)cc1. The number of hydrogen-bond donors (Lipinski definition) is 1. The summed E-state index contributed by atoms with van der Waals surface area (Å²) in [7, 11) is 4.03. The summed E-state index contributed by atoms with van der Waals surface area (Å²) in [4.78, 5) is 14.9. The summed E-state index contributed by atoms with van der Waals surface area (Å²) < 4.78 is 1.97. The molecular formula is C22H25N3O. The quantitative estimate of drug-likeness (QED) is 0.708. The summed E-state index contributed by atoms with van der Waals surface area (Å²) in [5.74, 6) is 0.0294. The average Bonchev–Trinajstić information content (AvgIpc) is 3.19. The van der Waals surface area contributed by atoms with Crippen molar-refractivity contribution >= 4 is 11.6 Å². The molecule has 4 nitrogen and oxygen atoms in total. The van der Waals surface area contributed by atoms with Crippen LogP contribution < -0.4 is 10.2 Å². The molecule has 0 saturated heterocycles. The molecule has 1 aromatic heterocycles. The molecule has 0 spiro atoms. The van der Waals surface area contributed by atoms with Gasteiger partial charge in [-0.2, -0.15) is 0 Å². The molecule has 0 aliphatic carbocycles. The minimum Gasteiger partial charge on any atom is -0.378 e. The molecule has 3 rings (SSSR count). The van der Waals surface area contributed by atoms with E-state index in [4.69, 9.17) is 0 Å². The second-order valence-corrected chi connectivity index (χ2v) is 6.61. The molecule has 1 amide bonds. The van der Waals surface area contributed by atoms with Crippen LogP contribution in [-0.4, -0.2) is 24.6 Å². The molecule has 3 aromatic rings. The van der Waals surface area contributed by atoms with Gasteiger partial charge in [0.05, 0.1) is 0 Å². The molecule has 0 aliphatic heterocycles. The van der Waals surface area contributed by atoms with Crippen molar-refractivity contribution in [2.45, 2.75) is 19.0 Å². The largest absolute Gasteiger partial charge is 0.378 e. The van der Waals surface area contributed by atoms with Crippen molar-refractivity contribution in [2.24, 2.45) is 0 Å². The third-order valence-corrected chi connectivity index (χ3v) is 4.48. The van der Waals surface area contributed by atoms with E-state index in [1.807, 2.05) is 61.4 Å². The number of nitrogens with zero attached hydrogens (tertiary/aromatic N) is 2. The van der Waals surface area contributed by atoms with E-state index in [-0.39, 0.29) is 11.9 Å². The number of aromatic nitrogens is 1. The van der Waals surface area contributed by atoms with Gasteiger partial charge >= 0.3 is 0 Å². The minimum absolute atomic E-state index is 0.0294. The zero-order valence-electron chi connectivity index (χ0n) is 15.3. The topological polar surface area (TPSA) is 37.3 Å². The van der Waals surface area contributed by atoms with Crippen LogP contribution in [0.5, 0.6) is 0 Å². The van der Waals surface area contributed by atoms with Gasteiger partial charge in [-0.1, -0.05) is 42.5 Å². The van der Waals surface area contributed by atoms with Gasteiger partial charge in [-0.3, -0.25) is 4.79 Å². The first kappa shape index (κ1) is 17.8. The highest BCUT2D eigenvalue weighted by atomic mass is 16.2. The Morgan fingerprint density at radius 1 is 0.923 bits per heavy atom. The van der Waals surface area contributed by atoms with Crippen LogP contribution in [0.2, 0.25) is 0 Å². The third-order valence-electron chi connectivity index (χ3n) is 4.48. The van der Waals surface area contributed by atoms with E-state index in [1.54, 1.807) is 0 Å². The highest BCUT2D eigenvalue weighted by Crippen LogP contribution is 2.16. The maximum atomic E-state index is 12.9. The zero-order valence-corrected chi connectivity index (χ0v) is 15.3. The second kappa shape index (κ2) is 8.39. The van der Waals surface area contributed by atoms with Crippen molar-refractivity contribution in [1.29, 1.82) is 0 Å². The predicted molar refractivity (Wildman–Crippen MR) is 106 cm³/mol. The molecule has 134 valence electrons. The molecule has 1 heterocycles. The highest BCUT2D eigenvalue weighted by molar-refractivity contribution is 5.80. The fourth-order valence-electron chi connectivity index (χ4n) is 2.95. The zero-order chi connectivity index (χ0) is 18.4. The van der Waals surface area contributed by atoms with Gasteiger partial charge < -0.3 is 14.8 Å². The van der Waals surface area contributed by atoms with Crippen molar-refractivity contribution in [2.75, 3.05) is 19.0 Å². The molecule has 0 unspecified atom stereocenters. The number of benzene rings is 2. The standard InChI is InChI=1S/C22H25N3O/c1-24(2)20-12-10-19(11-13-20)17-23-22(26)21(25-14-6-7-15-25)16-18-8-4-3-5-9-18/h3-15,21H,16-17H2,1-2H3,(H,23,26)/t21-/m0/s1. The van der Waals surface area contributed by atoms with E-state index >= 15 is 0 Å². The van der Waals surface area contributed by atoms with Crippen molar-refractivity contribution < 1.29 is 4.79 Å². The lowest BCUT2D eigenvalue weighted by molar-refractivity contribution is -0.124. The molecule has 0 bridgehead atoms. The number of hydrogen-bond acceptors (Lipinski definition) is 2. The molecule has 0 saturated carbocycles. The summed E-state index contributed by atoms with van der Waals surface area (Å²) in [6, 6.07) is 22.0. The molecule has 0 radical (unpaired) electrons. The monoisotopic (exact) mass is 347 g/mol. The number of rotatable bonds is 7. The van der Waals surface area contributed by atoms with Crippen molar-refractivity contribution in [3.05, 3.63) is 90.3 Å². The van der Waals surface area contributed by atoms with Crippen LogP contribution in [0.15, 0.2) is 79.1 Å². The Bertz CT molecular complexity index is 808. The third kappa shape index (κ3) is 4.54. The summed E-state index contributed by atoms with van der Waals surface area (Å²) in [6.45, 7) is 0.527. The molecule has 1 N–H and O–H groups in total. The number of amides is 1. The van der Waals surface area contributed by atoms with E-state index in [0.29, 0.717) is 13.0 Å². The van der Waals surface area contributed by atoms with Crippen molar-refractivity contribution in [3.8, 4) is 0 Å². The summed E-state index contributed by atoms with van der Waals surface area (Å²) >= 11 is 0. The fraction of sp³-hybridized carbons (Fsp3) is 0.227. The van der Waals surface area contributed by atoms with E-state index in [9.17, 15) is 4.79 Å². The number of anilines is 1. The van der Waals surface area contributed by atoms with Crippen LogP contribution in [0, 0.1) is 0 Å². The molecule has 26 heavy (non-hydrogen) atoms. The maximum absolute atomic E-state index is 12.9. The van der Waals surface area contributed by atoms with Gasteiger partial charge in [-0.25, -0.2) is 0 Å². The van der Waals surface area contributed by atoms with Crippen LogP contribution in [0.1, 0.15) is 17.2 Å². The first-order chi connectivity index (χ1) is 12.6. The first-order valence-corrected chi connectivity index (χ1v) is 8.84. The summed E-state index contributed by atoms with van der Waals surface area (Å²) in [6.07, 6.45) is 4.55. The Balaban J connectivity index is 1.67. The Morgan fingerprint density at radius 2 is 1.58 bits per heavy atom. The van der Waals surface area contributed by atoms with Crippen LogP contribution in [-0.2, 0) is 17.8 Å². The molecule has 4 heteroatoms. The van der Waals surface area contributed by atoms with Gasteiger partial charge in [0.15, 0.2) is 0 Å². The normalized spacial score (nSPS) is 11.8. The Hall–Kier alpha value is -3.01. The maximum Gasteiger partial charge on any atom is 0.243 e. The predicted octanol–water partition coefficient (Wildman–Crippen LogP) is 3.65. The van der Waals surface area contributed by atoms with Crippen molar-refractivity contribution in [3.63, 3.8) is 0 Å². The molecule has 2 aromatic carbocycles. The van der Waals surface area contributed by atoms with E-state index < -0.39 is 0 Å². The van der Waals surface area contributed by atoms with Gasteiger partial charge in [0.2, 0.25) is 5.91 Å². The lowest BCUT2D eigenvalue weighted by atomic mass is 10.0. The number of nitrogens with one attached hydrogen (secondary N) is 1. The van der Waals surface area contributed by atoms with Crippen LogP contribution in [0.25, 0.3) is 0 Å². The lowest BCUT2D eigenvalue weighted by Gasteiger charge is -2.19. The Labute approximate surface area is 155 Å². The molecular weight excluding hydrogens is 322 g/mol. The minimum atomic E-state index is -0.256. The van der Waals surface area contributed by atoms with Gasteiger partial charge in [-0.15, -0.1) is 0 Å². The summed E-state index contributed by atoms with van der Waals surface area (Å²) in [5, 5.41) is 3.08. The van der Waals surface area contributed by atoms with Gasteiger partial charge in [0.25, 0.3) is 0 Å². The smallest absolute Gasteiger partial charge is 0.243 e. The molecule has 0 fully saturated rings. The van der Waals surface area contributed by atoms with Gasteiger partial charge in [-0.05, 0) is 35.4 Å². The second-order valence-electron chi connectivity index (χ2n) is 6.61. The Kier molecular flexibility index (Phi) is 5.74. The average molecular weight is 347 g/mol. The molecule has 1 atom stereocenters. The van der Waals surface area contributed by atoms with Crippen LogP contribution in [0.3, 0.4) is 0 Å². The van der Waals surface area contributed by atoms with Gasteiger partial charge in [0, 0.05) is 45.1 Å². The Morgan fingerprint density at radius 3 is 2.19 bits per heavy atom. The summed E-state index contributed by atoms with van der Waals surface area (Å²) in [5.41, 5.74) is 3.39. The van der Waals surface area contributed by atoms with E-state index in [1.165, 1.54) is 0 Å². The van der Waals surface area contributed by atoms with E-state index in [0.717, 1.165) is 16.8 Å². The lowest BCUT2D eigenvalue weighted by Crippen LogP contribution is -2.33. The number of carbonyl (C=O) groups is 1.